The van der Waals surface area contributed by atoms with Crippen molar-refractivity contribution >= 4 is 10.1 Å². The second-order valence-corrected chi connectivity index (χ2v) is 12.8. The van der Waals surface area contributed by atoms with E-state index >= 15 is 0 Å². The normalized spacial score (nSPS) is 14.0. The van der Waals surface area contributed by atoms with Gasteiger partial charge in [0, 0.05) is 32.7 Å². The van der Waals surface area contributed by atoms with Crippen LogP contribution in [0.4, 0.5) is 0 Å². The van der Waals surface area contributed by atoms with Gasteiger partial charge in [-0.1, -0.05) is 76.8 Å². The summed E-state index contributed by atoms with van der Waals surface area (Å²) in [4.78, 5) is 1.92. The molecule has 242 valence electrons. The molecule has 0 aromatic heterocycles. The van der Waals surface area contributed by atoms with Gasteiger partial charge >= 0.3 is 0 Å². The van der Waals surface area contributed by atoms with Crippen molar-refractivity contribution in [2.24, 2.45) is 0 Å². The fourth-order valence-electron chi connectivity index (χ4n) is 4.57. The number of nitrogens with two attached hydrogens (primary N) is 1. The van der Waals surface area contributed by atoms with Crippen LogP contribution in [0.2, 0.25) is 0 Å². The lowest BCUT2D eigenvalue weighted by atomic mass is 10.0. The Labute approximate surface area is 250 Å². The molecule has 1 aromatic rings. The van der Waals surface area contributed by atoms with E-state index < -0.39 is 10.1 Å². The Hall–Kier alpha value is -1.11. The highest BCUT2D eigenvalue weighted by Gasteiger charge is 2.10. The predicted octanol–water partition coefficient (Wildman–Crippen LogP) is 2.64. The zero-order chi connectivity index (χ0) is 30.9. The Morgan fingerprint density at radius 3 is 1.78 bits per heavy atom. The monoisotopic (exact) mass is 603 g/mol. The van der Waals surface area contributed by atoms with Crippen LogP contribution >= 0.6 is 0 Å². The van der Waals surface area contributed by atoms with Gasteiger partial charge < -0.3 is 30.5 Å². The van der Waals surface area contributed by atoms with Gasteiger partial charge in [-0.15, -0.1) is 0 Å². The highest BCUT2D eigenvalue weighted by atomic mass is 32.2. The zero-order valence-corrected chi connectivity index (χ0v) is 27.1. The fraction of sp³-hybridized carbons (Fsp3) is 0.806. The molecule has 0 fully saturated rings. The summed E-state index contributed by atoms with van der Waals surface area (Å²) in [6.07, 6.45) is 13.0. The van der Waals surface area contributed by atoms with Crippen molar-refractivity contribution in [3.05, 3.63) is 29.8 Å². The van der Waals surface area contributed by atoms with Crippen molar-refractivity contribution in [3.63, 3.8) is 0 Å². The van der Waals surface area contributed by atoms with Crippen LogP contribution in [-0.4, -0.2) is 97.3 Å². The summed E-state index contributed by atoms with van der Waals surface area (Å²) in [6.45, 7) is 12.9. The Morgan fingerprint density at radius 1 is 0.805 bits per heavy atom. The number of aliphatic hydroxyl groups excluding tert-OH is 3. The number of hydrogen-bond acceptors (Lipinski definition) is 8. The van der Waals surface area contributed by atoms with E-state index in [9.17, 15) is 23.2 Å². The van der Waals surface area contributed by atoms with Crippen molar-refractivity contribution in [2.45, 2.75) is 122 Å². The lowest BCUT2D eigenvalue weighted by molar-refractivity contribution is -0.658. The molecular formula is C31H61N3O6S. The molecule has 0 amide bonds. The first kappa shape index (κ1) is 39.9. The number of nitrogens with one attached hydrogen (secondary N) is 1. The lowest BCUT2D eigenvalue weighted by Crippen LogP contribution is -2.87. The summed E-state index contributed by atoms with van der Waals surface area (Å²) in [5, 5.41) is 33.3. The van der Waals surface area contributed by atoms with E-state index in [1.165, 1.54) is 69.9 Å². The van der Waals surface area contributed by atoms with Crippen LogP contribution in [0.1, 0.15) is 97.5 Å². The molecule has 0 bridgehead atoms. The average Bonchev–Trinajstić information content (AvgIpc) is 2.88. The molecule has 1 rings (SSSR count). The van der Waals surface area contributed by atoms with Crippen molar-refractivity contribution in [3.8, 4) is 0 Å². The Bertz CT molecular complexity index is 810. The van der Waals surface area contributed by atoms with Crippen LogP contribution in [-0.2, 0) is 16.5 Å². The summed E-state index contributed by atoms with van der Waals surface area (Å²) in [5.41, 5.74) is 1.10. The Kier molecular flexibility index (Phi) is 24.7. The second kappa shape index (κ2) is 25.4. The molecule has 0 aliphatic heterocycles. The zero-order valence-electron chi connectivity index (χ0n) is 26.3. The van der Waals surface area contributed by atoms with Gasteiger partial charge in [0.25, 0.3) is 0 Å². The van der Waals surface area contributed by atoms with Crippen LogP contribution in [0.5, 0.6) is 0 Å². The molecule has 0 aliphatic carbocycles. The number of unbranched alkanes of at least 4 members (excludes halogenated alkanes) is 9. The Balaban J connectivity index is 0.000000790. The van der Waals surface area contributed by atoms with Gasteiger partial charge in [-0.25, -0.2) is 8.42 Å². The standard InChI is InChI=1S/C18H30O3S.C13H31N3O3/c1-2-3-4-5-6-7-8-9-10-11-12-17-13-15-18(16-14-17)22(19,20)21;1-11(17)8-15-5-4-14-6-7-16(9-12(2)18)10-13(3)19/h13-16H,2-12H2,1H3,(H,19,20,21);11-15,17-19H,4-10H2,1-3H3. The second-order valence-electron chi connectivity index (χ2n) is 11.4. The molecule has 1 aromatic carbocycles. The first-order chi connectivity index (χ1) is 19.5. The number of aliphatic hydroxyl groups is 3. The van der Waals surface area contributed by atoms with Crippen molar-refractivity contribution in [1.82, 2.24) is 10.2 Å². The fourth-order valence-corrected chi connectivity index (χ4v) is 5.04. The average molecular weight is 604 g/mol. The minimum atomic E-state index is -4.31. The number of quaternary nitrogens is 1. The van der Waals surface area contributed by atoms with E-state index in [-0.39, 0.29) is 23.2 Å². The summed E-state index contributed by atoms with van der Waals surface area (Å²) in [7, 11) is -4.31. The van der Waals surface area contributed by atoms with E-state index in [0.29, 0.717) is 13.1 Å². The molecule has 0 heterocycles. The van der Waals surface area contributed by atoms with Crippen LogP contribution in [0.3, 0.4) is 0 Å². The number of hydrogen-bond donors (Lipinski definition) is 5. The molecule has 0 radical (unpaired) electrons. The maximum absolute atomic E-state index is 10.8. The number of rotatable bonds is 24. The van der Waals surface area contributed by atoms with Crippen molar-refractivity contribution in [1.29, 1.82) is 0 Å². The van der Waals surface area contributed by atoms with Gasteiger partial charge in [-0.2, -0.15) is 0 Å². The topological polar surface area (TPSA) is 150 Å². The molecule has 0 aliphatic rings. The molecule has 10 heteroatoms. The molecule has 41 heavy (non-hydrogen) atoms. The van der Waals surface area contributed by atoms with E-state index in [1.807, 2.05) is 0 Å². The highest BCUT2D eigenvalue weighted by Crippen LogP contribution is 2.14. The maximum Gasteiger partial charge on any atom is 0.124 e. The van der Waals surface area contributed by atoms with Crippen molar-refractivity contribution < 1.29 is 33.6 Å². The van der Waals surface area contributed by atoms with Gasteiger partial charge in [0.05, 0.1) is 29.8 Å². The molecule has 0 spiro atoms. The van der Waals surface area contributed by atoms with Gasteiger partial charge in [-0.05, 0) is 51.3 Å². The minimum absolute atomic E-state index is 0.140. The summed E-state index contributed by atoms with van der Waals surface area (Å²) >= 11 is 0. The number of aryl methyl sites for hydroxylation is 1. The molecule has 0 saturated carbocycles. The first-order valence-corrected chi connectivity index (χ1v) is 17.2. The van der Waals surface area contributed by atoms with Gasteiger partial charge in [0.1, 0.15) is 16.7 Å². The Morgan fingerprint density at radius 2 is 1.32 bits per heavy atom. The predicted molar refractivity (Wildman–Crippen MR) is 166 cm³/mol. The van der Waals surface area contributed by atoms with Crippen LogP contribution in [0, 0.1) is 0 Å². The van der Waals surface area contributed by atoms with E-state index in [2.05, 4.69) is 22.5 Å². The molecule has 0 saturated heterocycles. The molecular weight excluding hydrogens is 542 g/mol. The van der Waals surface area contributed by atoms with E-state index in [1.54, 1.807) is 32.9 Å². The quantitative estimate of drug-likeness (QED) is 0.0894. The third kappa shape index (κ3) is 26.3. The summed E-state index contributed by atoms with van der Waals surface area (Å²) in [5.74, 6) is 0. The lowest BCUT2D eigenvalue weighted by Gasteiger charge is -2.25. The smallest absolute Gasteiger partial charge is 0.124 e. The SMILES string of the molecule is CC(O)C[NH2+]CCNCCN(CC(C)O)CC(C)O.CCCCCCCCCCCCc1ccc(S(=O)(=O)[O-])cc1. The van der Waals surface area contributed by atoms with Gasteiger partial charge in [0.15, 0.2) is 0 Å². The van der Waals surface area contributed by atoms with Gasteiger partial charge in [-0.3, -0.25) is 4.90 Å². The summed E-state index contributed by atoms with van der Waals surface area (Å²) < 4.78 is 32.5. The van der Waals surface area contributed by atoms with E-state index in [4.69, 9.17) is 5.11 Å². The maximum atomic E-state index is 10.8. The third-order valence-corrected chi connectivity index (χ3v) is 7.56. The first-order valence-electron chi connectivity index (χ1n) is 15.8. The number of benzene rings is 1. The molecule has 6 N–H and O–H groups in total. The van der Waals surface area contributed by atoms with Gasteiger partial charge in [0.2, 0.25) is 0 Å². The molecule has 9 nitrogen and oxygen atoms in total. The number of nitrogens with zero attached hydrogens (tertiary/aromatic N) is 1. The van der Waals surface area contributed by atoms with E-state index in [0.717, 1.165) is 51.1 Å². The largest absolute Gasteiger partial charge is 0.744 e. The van der Waals surface area contributed by atoms with Crippen molar-refractivity contribution in [2.75, 3.05) is 45.8 Å². The summed E-state index contributed by atoms with van der Waals surface area (Å²) in [6, 6.07) is 6.32. The molecule has 3 atom stereocenters. The highest BCUT2D eigenvalue weighted by molar-refractivity contribution is 7.85. The van der Waals surface area contributed by atoms with Crippen LogP contribution < -0.4 is 10.6 Å². The third-order valence-electron chi connectivity index (χ3n) is 6.71. The van der Waals surface area contributed by atoms with Crippen LogP contribution in [0.15, 0.2) is 29.2 Å². The molecule has 3 unspecified atom stereocenters. The minimum Gasteiger partial charge on any atom is -0.744 e. The van der Waals surface area contributed by atoms with Crippen LogP contribution in [0.25, 0.3) is 0 Å².